The first kappa shape index (κ1) is 23.1. The summed E-state index contributed by atoms with van der Waals surface area (Å²) in [6.45, 7) is 10.9. The Bertz CT molecular complexity index is 1220. The summed E-state index contributed by atoms with van der Waals surface area (Å²) in [4.78, 5) is 14.7. The van der Waals surface area contributed by atoms with Crippen LogP contribution in [0.2, 0.25) is 19.6 Å². The van der Waals surface area contributed by atoms with Gasteiger partial charge in [-0.3, -0.25) is 0 Å². The summed E-state index contributed by atoms with van der Waals surface area (Å²) in [7, 11) is 0.478. The van der Waals surface area contributed by atoms with Crippen molar-refractivity contribution in [1.29, 1.82) is 0 Å². The Morgan fingerprint density at radius 1 is 1.06 bits per heavy atom. The maximum Gasteiger partial charge on any atom is 0.410 e. The van der Waals surface area contributed by atoms with Crippen LogP contribution < -0.4 is 0 Å². The van der Waals surface area contributed by atoms with Crippen LogP contribution in [0.1, 0.15) is 24.6 Å². The number of hydrogen-bond acceptors (Lipinski definition) is 2. The van der Waals surface area contributed by atoms with E-state index in [1.165, 1.54) is 32.9 Å². The topological polar surface area (TPSA) is 34.5 Å². The Morgan fingerprint density at radius 2 is 1.76 bits per heavy atom. The van der Waals surface area contributed by atoms with Crippen molar-refractivity contribution in [1.82, 2.24) is 9.47 Å². The number of rotatable bonds is 4. The van der Waals surface area contributed by atoms with Gasteiger partial charge in [0.05, 0.1) is 8.07 Å². The first-order valence-corrected chi connectivity index (χ1v) is 15.2. The number of aryl methyl sites for hydroxylation is 1. The number of nitrogens with zero attached hydrogens (tertiary/aromatic N) is 2. The highest BCUT2D eigenvalue weighted by Gasteiger charge is 2.32. The molecule has 1 fully saturated rings. The van der Waals surface area contributed by atoms with Gasteiger partial charge in [-0.2, -0.15) is 0 Å². The highest BCUT2D eigenvalue weighted by atomic mass is 28.3. The third-order valence-electron chi connectivity index (χ3n) is 6.45. The second kappa shape index (κ2) is 9.44. The number of allylic oxidation sites excluding steroid dienone is 1. The lowest BCUT2D eigenvalue weighted by Crippen LogP contribution is -2.39. The average Bonchev–Trinajstić information content (AvgIpc) is 3.13. The van der Waals surface area contributed by atoms with Crippen LogP contribution in [0.5, 0.6) is 0 Å². The molecule has 1 aliphatic heterocycles. The van der Waals surface area contributed by atoms with E-state index >= 15 is 0 Å². The van der Waals surface area contributed by atoms with Crippen molar-refractivity contribution < 1.29 is 9.53 Å². The van der Waals surface area contributed by atoms with E-state index in [0.29, 0.717) is 19.7 Å². The fraction of sp³-hybridized carbons (Fsp3) is 0.321. The predicted octanol–water partition coefficient (Wildman–Crippen LogP) is 6.80. The number of para-hydroxylation sites is 1. The van der Waals surface area contributed by atoms with Crippen molar-refractivity contribution in [2.75, 3.05) is 13.1 Å². The molecule has 1 aliphatic rings. The zero-order valence-electron chi connectivity index (χ0n) is 20.4. The van der Waals surface area contributed by atoms with E-state index in [1.807, 2.05) is 35.2 Å². The molecule has 1 amide bonds. The first-order valence-electron chi connectivity index (χ1n) is 11.7. The van der Waals surface area contributed by atoms with Gasteiger partial charge in [0, 0.05) is 36.7 Å². The van der Waals surface area contributed by atoms with Crippen LogP contribution in [0.25, 0.3) is 16.1 Å². The van der Waals surface area contributed by atoms with Crippen LogP contribution in [0, 0.1) is 0 Å². The fourth-order valence-electron chi connectivity index (χ4n) is 4.83. The number of amides is 1. The minimum absolute atomic E-state index is 0.239. The molecule has 2 heterocycles. The van der Waals surface area contributed by atoms with Crippen LogP contribution in [-0.2, 0) is 18.4 Å². The Hall–Kier alpha value is -3.05. The summed E-state index contributed by atoms with van der Waals surface area (Å²) in [5.74, 6) is 0. The SMILES string of the molecule is C/C=C1\CN(C(=O)OCc2ccccc2)CC\C1=C(/c1cc2ccccc2n1C)[Si](C)(C)C. The number of carbonyl (C=O) groups excluding carboxylic acids is 1. The van der Waals surface area contributed by atoms with Crippen molar-refractivity contribution in [3.8, 4) is 0 Å². The molecule has 4 nitrogen and oxygen atoms in total. The van der Waals surface area contributed by atoms with Crippen molar-refractivity contribution in [2.24, 2.45) is 7.05 Å². The van der Waals surface area contributed by atoms with E-state index in [2.05, 4.69) is 74.6 Å². The van der Waals surface area contributed by atoms with E-state index in [1.54, 1.807) is 0 Å². The highest BCUT2D eigenvalue weighted by Crippen LogP contribution is 2.38. The lowest BCUT2D eigenvalue weighted by molar-refractivity contribution is 0.0977. The molecule has 0 bridgehead atoms. The molecule has 3 aromatic rings. The maximum atomic E-state index is 12.8. The second-order valence-electron chi connectivity index (χ2n) is 9.78. The number of likely N-dealkylation sites (tertiary alicyclic amines) is 1. The number of ether oxygens (including phenoxy) is 1. The predicted molar refractivity (Wildman–Crippen MR) is 140 cm³/mol. The molecule has 1 saturated heterocycles. The summed E-state index contributed by atoms with van der Waals surface area (Å²) in [6, 6.07) is 20.8. The average molecular weight is 459 g/mol. The quantitative estimate of drug-likeness (QED) is 0.403. The summed E-state index contributed by atoms with van der Waals surface area (Å²) >= 11 is 0. The molecule has 2 aromatic carbocycles. The molecule has 5 heteroatoms. The van der Waals surface area contributed by atoms with Crippen LogP contribution in [0.15, 0.2) is 77.9 Å². The van der Waals surface area contributed by atoms with Gasteiger partial charge in [-0.05, 0) is 47.4 Å². The molecule has 0 unspecified atom stereocenters. The zero-order chi connectivity index (χ0) is 23.6. The molecular weight excluding hydrogens is 424 g/mol. The summed E-state index contributed by atoms with van der Waals surface area (Å²) in [6.07, 6.45) is 2.78. The van der Waals surface area contributed by atoms with Gasteiger partial charge in [0.2, 0.25) is 0 Å². The molecule has 0 N–H and O–H groups in total. The number of benzene rings is 2. The van der Waals surface area contributed by atoms with Gasteiger partial charge in [-0.25, -0.2) is 4.79 Å². The third-order valence-corrected chi connectivity index (χ3v) is 8.51. The monoisotopic (exact) mass is 458 g/mol. The van der Waals surface area contributed by atoms with E-state index in [0.717, 1.165) is 12.0 Å². The third kappa shape index (κ3) is 4.83. The molecule has 4 rings (SSSR count). The molecular formula is C28H34N2O2Si. The van der Waals surface area contributed by atoms with Crippen molar-refractivity contribution in [2.45, 2.75) is 39.6 Å². The molecule has 33 heavy (non-hydrogen) atoms. The van der Waals surface area contributed by atoms with Gasteiger partial charge >= 0.3 is 6.09 Å². The number of piperidine rings is 1. The Labute approximate surface area is 198 Å². The van der Waals surface area contributed by atoms with Crippen molar-refractivity contribution in [3.63, 3.8) is 0 Å². The number of carbonyl (C=O) groups is 1. The minimum atomic E-state index is -1.69. The van der Waals surface area contributed by atoms with Gasteiger partial charge < -0.3 is 14.2 Å². The molecule has 1 aromatic heterocycles. The van der Waals surface area contributed by atoms with Crippen molar-refractivity contribution in [3.05, 3.63) is 89.1 Å². The smallest absolute Gasteiger partial charge is 0.410 e. The second-order valence-corrected chi connectivity index (χ2v) is 14.8. The Morgan fingerprint density at radius 3 is 2.42 bits per heavy atom. The number of hydrogen-bond donors (Lipinski definition) is 0. The van der Waals surface area contributed by atoms with Crippen LogP contribution in [-0.4, -0.2) is 36.7 Å². The molecule has 0 radical (unpaired) electrons. The minimum Gasteiger partial charge on any atom is -0.445 e. The van der Waals surface area contributed by atoms with Gasteiger partial charge in [-0.1, -0.05) is 74.2 Å². The van der Waals surface area contributed by atoms with Crippen molar-refractivity contribution >= 4 is 30.3 Å². The van der Waals surface area contributed by atoms with E-state index in [-0.39, 0.29) is 6.09 Å². The zero-order valence-corrected chi connectivity index (χ0v) is 21.4. The summed E-state index contributed by atoms with van der Waals surface area (Å²) < 4.78 is 7.95. The van der Waals surface area contributed by atoms with E-state index < -0.39 is 8.07 Å². The number of aromatic nitrogens is 1. The van der Waals surface area contributed by atoms with E-state index in [4.69, 9.17) is 4.74 Å². The highest BCUT2D eigenvalue weighted by molar-refractivity contribution is 6.93. The lowest BCUT2D eigenvalue weighted by Gasteiger charge is -2.34. The van der Waals surface area contributed by atoms with Gasteiger partial charge in [0.1, 0.15) is 6.61 Å². The first-order chi connectivity index (χ1) is 15.8. The largest absolute Gasteiger partial charge is 0.445 e. The van der Waals surface area contributed by atoms with Crippen LogP contribution in [0.4, 0.5) is 4.79 Å². The standard InChI is InChI=1S/C28H34N2O2Si/c1-6-22-19-30(28(31)32-20-21-12-8-7-9-13-21)17-16-24(22)27(33(3,4)5)26-18-23-14-10-11-15-25(23)29(26)2/h6-15,18H,16-17,19-20H2,1-5H3/b22-6+,27-24-. The molecule has 0 atom stereocenters. The summed E-state index contributed by atoms with van der Waals surface area (Å²) in [5.41, 5.74) is 6.22. The molecule has 172 valence electrons. The van der Waals surface area contributed by atoms with Crippen LogP contribution in [0.3, 0.4) is 0 Å². The Balaban J connectivity index is 1.63. The lowest BCUT2D eigenvalue weighted by atomic mass is 9.96. The van der Waals surface area contributed by atoms with Gasteiger partial charge in [0.15, 0.2) is 0 Å². The molecule has 0 aliphatic carbocycles. The molecule has 0 saturated carbocycles. The van der Waals surface area contributed by atoms with Gasteiger partial charge in [-0.15, -0.1) is 0 Å². The van der Waals surface area contributed by atoms with Crippen LogP contribution >= 0.6 is 0 Å². The number of fused-ring (bicyclic) bond motifs is 1. The fourth-order valence-corrected chi connectivity index (χ4v) is 7.02. The maximum absolute atomic E-state index is 12.8. The normalized spacial score (nSPS) is 17.5. The van der Waals surface area contributed by atoms with Gasteiger partial charge in [0.25, 0.3) is 0 Å². The Kier molecular flexibility index (Phi) is 6.61. The molecule has 0 spiro atoms. The van der Waals surface area contributed by atoms with E-state index in [9.17, 15) is 4.79 Å². The summed E-state index contributed by atoms with van der Waals surface area (Å²) in [5, 5.41) is 2.77.